The third-order valence-corrected chi connectivity index (χ3v) is 0.786. The maximum atomic E-state index is 10.5. The molecule has 0 unspecified atom stereocenters. The molecule has 10 heteroatoms. The molecule has 0 aliphatic carbocycles. The van der Waals surface area contributed by atoms with Crippen LogP contribution in [0.25, 0.3) is 0 Å². The maximum absolute atomic E-state index is 10.5. The summed E-state index contributed by atoms with van der Waals surface area (Å²) in [5.74, 6) is -3.62. The number of amides is 2. The summed E-state index contributed by atoms with van der Waals surface area (Å²) >= 11 is 0. The Labute approximate surface area is 69.9 Å². The van der Waals surface area contributed by atoms with Crippen LogP contribution in [-0.4, -0.2) is 15.9 Å². The first-order chi connectivity index (χ1) is 5.86. The first-order valence-corrected chi connectivity index (χ1v) is 2.62. The second-order valence-corrected chi connectivity index (χ2v) is 1.66. The van der Waals surface area contributed by atoms with E-state index in [0.717, 1.165) is 0 Å². The van der Waals surface area contributed by atoms with Crippen molar-refractivity contribution >= 4 is 6.03 Å². The van der Waals surface area contributed by atoms with Crippen molar-refractivity contribution in [3.05, 3.63) is 31.9 Å². The fraction of sp³-hybridized carbons (Fsp3) is 0. The van der Waals surface area contributed by atoms with E-state index in [9.17, 15) is 30.1 Å². The van der Waals surface area contributed by atoms with E-state index in [1.165, 1.54) is 5.32 Å². The predicted molar refractivity (Wildman–Crippen MR) is 33.7 cm³/mol. The summed E-state index contributed by atoms with van der Waals surface area (Å²) in [7, 11) is 0. The van der Waals surface area contributed by atoms with Crippen LogP contribution in [0.15, 0.2) is 11.7 Å². The number of urea groups is 1. The summed E-state index contributed by atoms with van der Waals surface area (Å²) in [6.45, 7) is 0. The number of rotatable bonds is 3. The molecule has 72 valence electrons. The number of carbonyl (C=O) groups is 1. The molecule has 10 nitrogen and oxygen atoms in total. The van der Waals surface area contributed by atoms with Gasteiger partial charge in [0.15, 0.2) is 0 Å². The van der Waals surface area contributed by atoms with Crippen LogP contribution in [0, 0.1) is 20.2 Å². The van der Waals surface area contributed by atoms with Gasteiger partial charge in [-0.2, -0.15) is 0 Å². The Morgan fingerprint density at radius 2 is 1.62 bits per heavy atom. The van der Waals surface area contributed by atoms with Crippen molar-refractivity contribution in [3.8, 4) is 0 Å². The smallest absolute Gasteiger partial charge is 0.567 e. The number of hydrogen-bond acceptors (Lipinski definition) is 6. The maximum Gasteiger partial charge on any atom is 0.567 e. The summed E-state index contributed by atoms with van der Waals surface area (Å²) < 4.78 is 0. The summed E-state index contributed by atoms with van der Waals surface area (Å²) in [5.41, 5.74) is 4.40. The average Bonchev–Trinajstić information content (AvgIpc) is 1.81. The van der Waals surface area contributed by atoms with Gasteiger partial charge in [-0.25, -0.2) is 4.79 Å². The highest BCUT2D eigenvalue weighted by molar-refractivity contribution is 5.73. The second kappa shape index (κ2) is 3.85. The molecule has 0 aliphatic heterocycles. The topological polar surface area (TPSA) is 164 Å². The first kappa shape index (κ1) is 10.6. The molecule has 0 atom stereocenters. The van der Waals surface area contributed by atoms with E-state index in [2.05, 4.69) is 5.73 Å². The van der Waals surface area contributed by atoms with Crippen LogP contribution in [-0.2, 0) is 0 Å². The molecule has 0 aliphatic rings. The van der Waals surface area contributed by atoms with E-state index in [1.54, 1.807) is 0 Å². The highest BCUT2D eigenvalue weighted by Gasteiger charge is 2.27. The number of carbonyl (C=O) groups excluding carboxylic acids is 1. The predicted octanol–water partition coefficient (Wildman–Crippen LogP) is -2.30. The summed E-state index contributed by atoms with van der Waals surface area (Å²) in [6.07, 6.45) is 0. The van der Waals surface area contributed by atoms with E-state index in [4.69, 9.17) is 0 Å². The molecule has 0 saturated heterocycles. The van der Waals surface area contributed by atoms with E-state index in [1.807, 2.05) is 0 Å². The largest absolute Gasteiger partial charge is 0.850 e. The van der Waals surface area contributed by atoms with Crippen LogP contribution in [0.1, 0.15) is 0 Å². The highest BCUT2D eigenvalue weighted by Crippen LogP contribution is 1.97. The molecule has 0 heterocycles. The first-order valence-electron chi connectivity index (χ1n) is 2.62. The molecule has 0 aromatic carbocycles. The summed E-state index contributed by atoms with van der Waals surface area (Å²) in [4.78, 5) is 26.7. The van der Waals surface area contributed by atoms with Crippen LogP contribution in [0.3, 0.4) is 0 Å². The van der Waals surface area contributed by atoms with Crippen LogP contribution in [0.5, 0.6) is 0 Å². The molecule has 0 saturated carbocycles. The van der Waals surface area contributed by atoms with Crippen LogP contribution < -0.4 is 16.2 Å². The van der Waals surface area contributed by atoms with Gasteiger partial charge in [0, 0.05) is 0 Å². The highest BCUT2D eigenvalue weighted by atomic mass is 16.7. The van der Waals surface area contributed by atoms with Gasteiger partial charge >= 0.3 is 11.9 Å². The van der Waals surface area contributed by atoms with Gasteiger partial charge in [-0.1, -0.05) is 0 Å². The molecule has 0 aromatic rings. The number of nitrogens with zero attached hydrogens (tertiary/aromatic N) is 2. The Bertz CT molecular complexity index is 278. The zero-order valence-electron chi connectivity index (χ0n) is 5.92. The van der Waals surface area contributed by atoms with Crippen molar-refractivity contribution in [3.63, 3.8) is 0 Å². The fourth-order valence-corrected chi connectivity index (χ4v) is 0.400. The van der Waals surface area contributed by atoms with Gasteiger partial charge in [-0.3, -0.25) is 20.2 Å². The van der Waals surface area contributed by atoms with Crippen LogP contribution in [0.4, 0.5) is 4.79 Å². The van der Waals surface area contributed by atoms with Crippen molar-refractivity contribution < 1.29 is 19.7 Å². The van der Waals surface area contributed by atoms with Gasteiger partial charge in [0.05, 0.1) is 0 Å². The molecule has 13 heavy (non-hydrogen) atoms. The van der Waals surface area contributed by atoms with Gasteiger partial charge < -0.3 is 16.2 Å². The van der Waals surface area contributed by atoms with E-state index in [0.29, 0.717) is 0 Å². The molecule has 2 amide bonds. The number of hydrogen-bond donors (Lipinski definition) is 2. The summed E-state index contributed by atoms with van der Waals surface area (Å²) in [6, 6.07) is -1.41. The third kappa shape index (κ3) is 3.00. The zero-order valence-corrected chi connectivity index (χ0v) is 5.92. The Balaban J connectivity index is 4.98. The van der Waals surface area contributed by atoms with Gasteiger partial charge in [-0.15, -0.1) is 0 Å². The minimum Gasteiger partial charge on any atom is -0.850 e. The Hall–Kier alpha value is -2.39. The SMILES string of the molecule is NC(=O)NC([O-])=C([N+](=O)[O-])[N+](=O)[O-]. The number of nitro groups is 2. The molecule has 0 bridgehead atoms. The van der Waals surface area contributed by atoms with Crippen molar-refractivity contribution in [2.75, 3.05) is 0 Å². The average molecular weight is 191 g/mol. The van der Waals surface area contributed by atoms with Crippen molar-refractivity contribution in [2.45, 2.75) is 0 Å². The van der Waals surface area contributed by atoms with E-state index >= 15 is 0 Å². The Morgan fingerprint density at radius 1 is 1.23 bits per heavy atom. The number of nitrogens with two attached hydrogens (primary N) is 1. The number of nitrogens with one attached hydrogen (secondary N) is 1. The normalized spacial score (nSPS) is 8.62. The monoisotopic (exact) mass is 191 g/mol. The minimum absolute atomic E-state index is 1.19. The van der Waals surface area contributed by atoms with Gasteiger partial charge in [0.2, 0.25) is 0 Å². The van der Waals surface area contributed by atoms with Gasteiger partial charge in [-0.05, 0) is 0 Å². The minimum atomic E-state index is -1.86. The lowest BCUT2D eigenvalue weighted by molar-refractivity contribution is -0.626. The van der Waals surface area contributed by atoms with Crippen molar-refractivity contribution in [1.29, 1.82) is 0 Å². The molecule has 0 radical (unpaired) electrons. The molecule has 0 aromatic heterocycles. The van der Waals surface area contributed by atoms with Gasteiger partial charge in [0.25, 0.3) is 0 Å². The Morgan fingerprint density at radius 3 is 1.85 bits per heavy atom. The van der Waals surface area contributed by atoms with E-state index in [-0.39, 0.29) is 0 Å². The lowest BCUT2D eigenvalue weighted by atomic mass is 10.7. The van der Waals surface area contributed by atoms with Gasteiger partial charge in [0.1, 0.15) is 15.7 Å². The zero-order chi connectivity index (χ0) is 10.6. The molecule has 0 rings (SSSR count). The molecule has 0 fully saturated rings. The van der Waals surface area contributed by atoms with Crippen molar-refractivity contribution in [2.24, 2.45) is 5.73 Å². The Kier molecular flexibility index (Phi) is 3.14. The van der Waals surface area contributed by atoms with Crippen LogP contribution >= 0.6 is 0 Å². The lowest BCUT2D eigenvalue weighted by Crippen LogP contribution is -2.37. The van der Waals surface area contributed by atoms with Crippen LogP contribution in [0.2, 0.25) is 0 Å². The fourth-order valence-electron chi connectivity index (χ4n) is 0.400. The quantitative estimate of drug-likeness (QED) is 0.289. The lowest BCUT2D eigenvalue weighted by Gasteiger charge is -2.06. The van der Waals surface area contributed by atoms with E-state index < -0.39 is 27.6 Å². The number of primary amides is 1. The molecular weight excluding hydrogens is 188 g/mol. The standard InChI is InChI=1S/C3H4N4O6/c4-3(9)5-1(8)2(6(10)11)7(12)13/h8H,(H3,4,5,9)/p-1. The molecular formula is C3H3N4O6-. The van der Waals surface area contributed by atoms with Crippen molar-refractivity contribution in [1.82, 2.24) is 5.32 Å². The third-order valence-electron chi connectivity index (χ3n) is 0.786. The molecule has 3 N–H and O–H groups in total. The summed E-state index contributed by atoms with van der Waals surface area (Å²) in [5, 5.41) is 31.4. The molecule has 0 spiro atoms. The second-order valence-electron chi connectivity index (χ2n) is 1.66.